The Morgan fingerprint density at radius 2 is 0.429 bits per heavy atom. The van der Waals surface area contributed by atoms with Crippen molar-refractivity contribution in [1.82, 2.24) is 0 Å². The summed E-state index contributed by atoms with van der Waals surface area (Å²) in [5, 5.41) is -2.57. The van der Waals surface area contributed by atoms with Crippen LogP contribution in [0.15, 0.2) is 0 Å². The molecule has 35 heteroatoms. The van der Waals surface area contributed by atoms with Crippen LogP contribution in [-0.4, -0.2) is 60.9 Å². The van der Waals surface area contributed by atoms with Gasteiger partial charge in [0.15, 0.2) is 29.8 Å². The van der Waals surface area contributed by atoms with E-state index in [1.807, 2.05) is 0 Å². The molecule has 0 spiro atoms. The smallest absolute Gasteiger partial charge is 0.130 e. The molecule has 0 bridgehead atoms. The maximum Gasteiger partial charge on any atom is 0.228 e. The van der Waals surface area contributed by atoms with E-state index in [0.29, 0.717) is 0 Å². The van der Waals surface area contributed by atoms with Crippen molar-refractivity contribution in [3.63, 3.8) is 0 Å². The monoisotopic (exact) mass is 2070 g/mol. The topological polar surface area (TPSA) is 0 Å². The normalized spacial score (nSPS) is 32.7. The molecule has 2 aliphatic rings. The molecule has 0 aliphatic carbocycles. The minimum Gasteiger partial charge on any atom is -0.130 e. The van der Waals surface area contributed by atoms with Gasteiger partial charge in [0.25, 0.3) is 0 Å². The third kappa shape index (κ3) is 6.52. The Kier molecular flexibility index (Phi) is 17.5. The van der Waals surface area contributed by atoms with Crippen molar-refractivity contribution >= 4 is 397 Å². The molecule has 0 radical (unpaired) electrons. The molecule has 0 aromatic carbocycles. The summed E-state index contributed by atoms with van der Waals surface area (Å²) < 4.78 is -23.1. The predicted octanol–water partition coefficient (Wildman–Crippen LogP) is 13.7. The number of hydrogen-bond acceptors (Lipinski definition) is 0. The molecule has 2 fully saturated rings. The molecule has 2 rings (SSSR count). The molecule has 2 saturated heterocycles. The minimum absolute atomic E-state index is 0.289. The molecule has 2 aliphatic heterocycles. The van der Waals surface area contributed by atoms with Crippen LogP contribution in [0.25, 0.3) is 0 Å². The van der Waals surface area contributed by atoms with Crippen LogP contribution in [-0.2, 0) is 0 Å². The zero-order chi connectivity index (χ0) is 28.7. The van der Waals surface area contributed by atoms with Gasteiger partial charge in [-0.05, 0) is 0 Å². The zero-order valence-electron chi connectivity index (χ0n) is 15.0. The molecule has 0 aromatic rings. The van der Waals surface area contributed by atoms with E-state index in [1.54, 1.807) is 0 Å². The minimum atomic E-state index is -2.57. The van der Waals surface area contributed by atoms with Gasteiger partial charge < -0.3 is 0 Å². The Labute approximate surface area is 386 Å². The van der Waals surface area contributed by atoms with E-state index in [1.165, 1.54) is 0 Å². The van der Waals surface area contributed by atoms with Gasteiger partial charge in [-0.1, -0.05) is 0 Å². The zero-order valence-corrected chi connectivity index (χ0v) is 60.9. The van der Waals surface area contributed by atoms with Crippen LogP contribution in [0.3, 0.4) is 0 Å². The van der Waals surface area contributed by atoms with Crippen LogP contribution in [0.5, 0.6) is 0 Å². The second-order valence-corrected chi connectivity index (χ2v) is 259. The summed E-state index contributed by atoms with van der Waals surface area (Å²) in [5.41, 5.74) is 0.579. The molecule has 0 N–H and O–H groups in total. The lowest BCUT2D eigenvalue weighted by atomic mass is 10.6. The molecule has 0 amide bonds. The Morgan fingerprint density at radius 1 is 0.286 bits per heavy atom. The Hall–Kier alpha value is 13.1. The second-order valence-electron chi connectivity index (χ2n) is 7.48. The Bertz CT molecular complexity index is 756. The summed E-state index contributed by atoms with van der Waals surface area (Å²) in [4.78, 5) is 0. The highest BCUT2D eigenvalue weighted by atomic mass is 80.0. The Morgan fingerprint density at radius 3 is 0.571 bits per heavy atom. The fourth-order valence-corrected chi connectivity index (χ4v) is 822. The molecule has 35 heavy (non-hydrogen) atoms. The lowest BCUT2D eigenvalue weighted by Crippen LogP contribution is -2.99. The molecular weight excluding hydrogens is 2090 g/mol. The predicted molar refractivity (Wildman–Crippen MR) is 271 cm³/mol. The van der Waals surface area contributed by atoms with Crippen molar-refractivity contribution in [2.24, 2.45) is 0 Å². The quantitative estimate of drug-likeness (QED) is 0.191. The summed E-state index contributed by atoms with van der Waals surface area (Å²) in [6.45, 7) is 0. The van der Waals surface area contributed by atoms with Gasteiger partial charge in [-0.15, -0.1) is 336 Å². The van der Waals surface area contributed by atoms with Crippen LogP contribution >= 0.6 is 336 Å². The highest BCUT2D eigenvalue weighted by Gasteiger charge is 2.94. The van der Waals surface area contributed by atoms with E-state index >= 15 is 0 Å². The maximum absolute atomic E-state index is 4.54. The summed E-state index contributed by atoms with van der Waals surface area (Å²) in [6, 6.07) is 0. The SMILES string of the molecule is Br[Si](Br)(B1[Si](Br)(Br)[Si](Br)(Br)[Si](Br)(Br)[Si](Br)(Br)[Si]1(Br)Br)B1[Si](Br)(Br)[Si](Br)(Br)[Si](Br)(Br)[Si](Br)(Br)[Si]1(Br)Br. The van der Waals surface area contributed by atoms with Gasteiger partial charge in [0.2, 0.25) is 26.1 Å². The third-order valence-corrected chi connectivity index (χ3v) is 565. The Balaban J connectivity index is 3.02. The first kappa shape index (κ1) is 44.2. The standard InChI is InChI=1S/B2Br22Si11/c3-25(4,1-26(5,6)30(13,14)34(21,22)31(15,16)27(1,7)8)2-28(9,10)32(17,18)35(23,24)33(19,20)29(2,11)12. The molecule has 0 aromatic heterocycles. The van der Waals surface area contributed by atoms with E-state index in [9.17, 15) is 0 Å². The summed E-state index contributed by atoms with van der Waals surface area (Å²) >= 11 is 95.8. The molecule has 204 valence electrons. The third-order valence-electron chi connectivity index (χ3n) is 5.47. The summed E-state index contributed by atoms with van der Waals surface area (Å²) in [5.74, 6) is 0. The van der Waals surface area contributed by atoms with Crippen molar-refractivity contribution in [1.29, 1.82) is 0 Å². The van der Waals surface area contributed by atoms with Crippen LogP contribution in [0, 0.1) is 0 Å². The van der Waals surface area contributed by atoms with Gasteiger partial charge in [0, 0.05) is 0 Å². The lowest BCUT2D eigenvalue weighted by Gasteiger charge is -2.63. The first-order valence-electron chi connectivity index (χ1n) is 7.89. The summed E-state index contributed by atoms with van der Waals surface area (Å²) in [6.07, 6.45) is 0. The van der Waals surface area contributed by atoms with Crippen molar-refractivity contribution in [3.05, 3.63) is 0 Å². The lowest BCUT2D eigenvalue weighted by molar-refractivity contribution is 3.27. The largest absolute Gasteiger partial charge is 0.228 e. The van der Waals surface area contributed by atoms with E-state index in [4.69, 9.17) is 0 Å². The molecule has 0 nitrogen and oxygen atoms in total. The number of hydrogen-bond donors (Lipinski definition) is 0. The van der Waals surface area contributed by atoms with E-state index in [0.717, 1.165) is 0 Å². The molecule has 0 atom stereocenters. The van der Waals surface area contributed by atoms with Crippen molar-refractivity contribution < 1.29 is 0 Å². The van der Waals surface area contributed by atoms with Gasteiger partial charge >= 0.3 is 0 Å². The highest BCUT2D eigenvalue weighted by Crippen LogP contribution is 2.72. The summed E-state index contributed by atoms with van der Waals surface area (Å²) in [7, 11) is 0. The van der Waals surface area contributed by atoms with Gasteiger partial charge in [-0.2, -0.15) is 0 Å². The van der Waals surface area contributed by atoms with E-state index in [2.05, 4.69) is 336 Å². The fourth-order valence-electron chi connectivity index (χ4n) is 3.55. The maximum atomic E-state index is 4.54. The number of rotatable bonds is 2. The van der Waals surface area contributed by atoms with Crippen LogP contribution < -0.4 is 0 Å². The average molecular weight is 2090 g/mol. The van der Waals surface area contributed by atoms with E-state index in [-0.39, 0.29) is 11.0 Å². The van der Waals surface area contributed by atoms with Gasteiger partial charge in [0.05, 0.1) is 0 Å². The van der Waals surface area contributed by atoms with Crippen LogP contribution in [0.4, 0.5) is 0 Å². The van der Waals surface area contributed by atoms with Crippen molar-refractivity contribution in [2.75, 3.05) is 0 Å². The molecule has 2 heterocycles. The first-order chi connectivity index (χ1) is 14.7. The number of halogens is 22. The second kappa shape index (κ2) is 13.8. The average Bonchev–Trinajstić information content (AvgIpc) is 2.56. The molecule has 0 unspecified atom stereocenters. The van der Waals surface area contributed by atoms with E-state index < -0.39 is 49.9 Å². The van der Waals surface area contributed by atoms with Gasteiger partial charge in [-0.3, -0.25) is 0 Å². The van der Waals surface area contributed by atoms with Crippen molar-refractivity contribution in [2.45, 2.75) is 0 Å². The molecule has 0 saturated carbocycles. The first-order valence-corrected chi connectivity index (χ1v) is 88.0. The fraction of sp³-hybridized carbons (Fsp3) is 0. The molecular formula is B2Br22Si11. The van der Waals surface area contributed by atoms with Crippen LogP contribution in [0.1, 0.15) is 0 Å². The van der Waals surface area contributed by atoms with Gasteiger partial charge in [0.1, 0.15) is 5.05 Å². The van der Waals surface area contributed by atoms with Gasteiger partial charge in [-0.25, -0.2) is 0 Å². The van der Waals surface area contributed by atoms with Crippen LogP contribution in [0.2, 0.25) is 0 Å². The van der Waals surface area contributed by atoms with Crippen molar-refractivity contribution in [3.8, 4) is 0 Å². The highest BCUT2D eigenvalue weighted by molar-refractivity contribution is 9.87.